The second-order valence-corrected chi connectivity index (χ2v) is 16.2. The van der Waals surface area contributed by atoms with Crippen LogP contribution in [0.2, 0.25) is 0 Å². The van der Waals surface area contributed by atoms with Crippen molar-refractivity contribution in [2.24, 2.45) is 5.92 Å². The van der Waals surface area contributed by atoms with E-state index in [4.69, 9.17) is 19.7 Å². The van der Waals surface area contributed by atoms with Crippen molar-refractivity contribution in [2.75, 3.05) is 0 Å². The van der Waals surface area contributed by atoms with Gasteiger partial charge in [-0.3, -0.25) is 0 Å². The van der Waals surface area contributed by atoms with Crippen molar-refractivity contribution in [3.63, 3.8) is 0 Å². The van der Waals surface area contributed by atoms with Crippen molar-refractivity contribution in [2.45, 2.75) is 11.3 Å². The molecule has 2 aromatic heterocycles. The first-order valence-corrected chi connectivity index (χ1v) is 20.2. The van der Waals surface area contributed by atoms with Gasteiger partial charge in [0.25, 0.3) is 0 Å². The highest BCUT2D eigenvalue weighted by Gasteiger charge is 2.56. The summed E-state index contributed by atoms with van der Waals surface area (Å²) in [4.78, 5) is 15.3. The fourth-order valence-corrected chi connectivity index (χ4v) is 10.7. The van der Waals surface area contributed by atoms with E-state index in [1.54, 1.807) is 0 Å². The Kier molecular flexibility index (Phi) is 7.10. The van der Waals surface area contributed by atoms with Crippen LogP contribution in [0, 0.1) is 5.92 Å². The number of rotatable bonds is 4. The molecule has 0 amide bonds. The Balaban J connectivity index is 0.977. The zero-order chi connectivity index (χ0) is 37.5. The SMILES string of the molecule is C1=CC2c3ccccc3C3(c4ccccc4Oc4cc(-c5nc(-c6ccccc6)nc(-c6ccc(-c7ccc8c(c7)sc7ccccc78)cc6)n5)ccc43)C2C=C1. The number of hydrogen-bond acceptors (Lipinski definition) is 5. The molecule has 268 valence electrons. The third-order valence-electron chi connectivity index (χ3n) is 12.1. The average molecular weight is 748 g/mol. The van der Waals surface area contributed by atoms with E-state index >= 15 is 0 Å². The van der Waals surface area contributed by atoms with Gasteiger partial charge in [0.1, 0.15) is 11.5 Å². The maximum atomic E-state index is 6.84. The molecule has 0 bridgehead atoms. The normalized spacial score (nSPS) is 18.6. The van der Waals surface area contributed by atoms with Crippen LogP contribution in [-0.2, 0) is 5.41 Å². The second-order valence-electron chi connectivity index (χ2n) is 15.1. The summed E-state index contributed by atoms with van der Waals surface area (Å²) in [5.74, 6) is 4.04. The topological polar surface area (TPSA) is 47.9 Å². The monoisotopic (exact) mass is 747 g/mol. The Morgan fingerprint density at radius 1 is 0.439 bits per heavy atom. The summed E-state index contributed by atoms with van der Waals surface area (Å²) in [5.41, 5.74) is 9.73. The van der Waals surface area contributed by atoms with Crippen LogP contribution < -0.4 is 4.74 Å². The molecule has 2 aliphatic carbocycles. The van der Waals surface area contributed by atoms with Crippen molar-refractivity contribution < 1.29 is 4.74 Å². The summed E-state index contributed by atoms with van der Waals surface area (Å²) < 4.78 is 9.44. The van der Waals surface area contributed by atoms with Crippen molar-refractivity contribution in [3.05, 3.63) is 210 Å². The van der Waals surface area contributed by atoms with Crippen molar-refractivity contribution >= 4 is 31.5 Å². The first-order chi connectivity index (χ1) is 28.2. The Bertz CT molecular complexity index is 3130. The van der Waals surface area contributed by atoms with Crippen LogP contribution in [0.5, 0.6) is 11.5 Å². The average Bonchev–Trinajstić information content (AvgIpc) is 3.80. The maximum absolute atomic E-state index is 6.84. The van der Waals surface area contributed by atoms with Gasteiger partial charge in [-0.05, 0) is 46.5 Å². The van der Waals surface area contributed by atoms with Crippen LogP contribution in [-0.4, -0.2) is 15.0 Å². The van der Waals surface area contributed by atoms with E-state index in [9.17, 15) is 0 Å². The number of fused-ring (bicyclic) bond motifs is 12. The van der Waals surface area contributed by atoms with E-state index in [0.29, 0.717) is 17.5 Å². The molecule has 4 nitrogen and oxygen atoms in total. The number of ether oxygens (including phenoxy) is 1. The lowest BCUT2D eigenvalue weighted by atomic mass is 9.62. The van der Waals surface area contributed by atoms with E-state index in [1.165, 1.54) is 42.4 Å². The largest absolute Gasteiger partial charge is 0.457 e. The lowest BCUT2D eigenvalue weighted by molar-refractivity contribution is 0.374. The number of aromatic nitrogens is 3. The molecule has 7 aromatic carbocycles. The smallest absolute Gasteiger partial charge is 0.164 e. The Morgan fingerprint density at radius 3 is 1.91 bits per heavy atom. The predicted octanol–water partition coefficient (Wildman–Crippen LogP) is 13.2. The molecule has 0 N–H and O–H groups in total. The van der Waals surface area contributed by atoms with Crippen LogP contribution in [0.15, 0.2) is 188 Å². The molecule has 5 heteroatoms. The van der Waals surface area contributed by atoms with Crippen LogP contribution in [0.25, 0.3) is 65.5 Å². The third-order valence-corrected chi connectivity index (χ3v) is 13.2. The van der Waals surface area contributed by atoms with Crippen LogP contribution in [0.3, 0.4) is 0 Å². The van der Waals surface area contributed by atoms with Gasteiger partial charge in [-0.25, -0.2) is 15.0 Å². The minimum atomic E-state index is -0.409. The molecule has 9 aromatic rings. The molecule has 0 saturated heterocycles. The molecule has 0 radical (unpaired) electrons. The van der Waals surface area contributed by atoms with Crippen molar-refractivity contribution in [1.29, 1.82) is 0 Å². The van der Waals surface area contributed by atoms with Crippen LogP contribution in [0.4, 0.5) is 0 Å². The molecule has 3 heterocycles. The zero-order valence-corrected chi connectivity index (χ0v) is 31.5. The van der Waals surface area contributed by atoms with Crippen molar-refractivity contribution in [1.82, 2.24) is 15.0 Å². The lowest BCUT2D eigenvalue weighted by Crippen LogP contribution is -2.37. The fraction of sp³-hybridized carbons (Fsp3) is 0.0577. The summed E-state index contributed by atoms with van der Waals surface area (Å²) in [5, 5.41) is 2.61. The molecular formula is C52H33N3OS. The van der Waals surface area contributed by atoms with Gasteiger partial charge in [0.2, 0.25) is 0 Å². The molecule has 0 saturated carbocycles. The van der Waals surface area contributed by atoms with E-state index in [0.717, 1.165) is 39.3 Å². The lowest BCUT2D eigenvalue weighted by Gasteiger charge is -2.43. The summed E-state index contributed by atoms with van der Waals surface area (Å²) in [7, 11) is 0. The maximum Gasteiger partial charge on any atom is 0.164 e. The van der Waals surface area contributed by atoms with E-state index in [-0.39, 0.29) is 11.8 Å². The molecule has 1 spiro atoms. The van der Waals surface area contributed by atoms with E-state index in [1.807, 2.05) is 41.7 Å². The molecular weight excluding hydrogens is 715 g/mol. The van der Waals surface area contributed by atoms with Gasteiger partial charge in [0.15, 0.2) is 17.5 Å². The Labute approximate surface area is 334 Å². The summed E-state index contributed by atoms with van der Waals surface area (Å²) >= 11 is 1.84. The molecule has 3 unspecified atom stereocenters. The number of hydrogen-bond donors (Lipinski definition) is 0. The quantitative estimate of drug-likeness (QED) is 0.180. The summed E-state index contributed by atoms with van der Waals surface area (Å²) in [6.07, 6.45) is 9.14. The molecule has 57 heavy (non-hydrogen) atoms. The number of allylic oxidation sites excluding steroid dienone is 4. The van der Waals surface area contributed by atoms with Gasteiger partial charge in [-0.2, -0.15) is 0 Å². The van der Waals surface area contributed by atoms with Gasteiger partial charge in [0.05, 0.1) is 5.41 Å². The zero-order valence-electron chi connectivity index (χ0n) is 30.7. The number of nitrogens with zero attached hydrogens (tertiary/aromatic N) is 3. The van der Waals surface area contributed by atoms with Crippen LogP contribution >= 0.6 is 11.3 Å². The second kappa shape index (κ2) is 12.5. The van der Waals surface area contributed by atoms with E-state index < -0.39 is 5.41 Å². The van der Waals surface area contributed by atoms with Gasteiger partial charge < -0.3 is 4.74 Å². The highest BCUT2D eigenvalue weighted by molar-refractivity contribution is 7.25. The minimum Gasteiger partial charge on any atom is -0.457 e. The first-order valence-electron chi connectivity index (χ1n) is 19.4. The van der Waals surface area contributed by atoms with Crippen molar-refractivity contribution in [3.8, 4) is 56.8 Å². The Hall–Kier alpha value is -6.95. The molecule has 3 atom stereocenters. The standard InChI is InChI=1S/C52H33N3OS/c1-2-12-33(13-3-1)49-53-50(34-24-22-32(23-25-34)35-26-28-40-39-16-6-11-21-47(39)57-48(40)31-35)55-51(54-49)36-27-29-44-46(30-36)56-45-20-10-9-19-43(45)52(44)41-17-7-4-14-37(41)38-15-5-8-18-42(38)52/h1-31,37,41H. The van der Waals surface area contributed by atoms with Gasteiger partial charge in [-0.15, -0.1) is 11.3 Å². The minimum absolute atomic E-state index is 0.206. The van der Waals surface area contributed by atoms with Gasteiger partial charge >= 0.3 is 0 Å². The third kappa shape index (κ3) is 4.89. The Morgan fingerprint density at radius 2 is 1.05 bits per heavy atom. The highest BCUT2D eigenvalue weighted by atomic mass is 32.1. The summed E-state index contributed by atoms with van der Waals surface area (Å²) in [6.45, 7) is 0. The highest BCUT2D eigenvalue weighted by Crippen LogP contribution is 2.64. The first kappa shape index (κ1) is 32.3. The number of para-hydroxylation sites is 1. The fourth-order valence-electron chi connectivity index (χ4n) is 9.58. The van der Waals surface area contributed by atoms with Gasteiger partial charge in [-0.1, -0.05) is 164 Å². The molecule has 1 aliphatic heterocycles. The number of thiophene rings is 1. The van der Waals surface area contributed by atoms with Crippen LogP contribution in [0.1, 0.15) is 28.2 Å². The number of benzene rings is 7. The molecule has 0 fully saturated rings. The summed E-state index contributed by atoms with van der Waals surface area (Å²) in [6, 6.07) is 58.2. The van der Waals surface area contributed by atoms with Gasteiger partial charge in [0, 0.05) is 59.8 Å². The predicted molar refractivity (Wildman–Crippen MR) is 232 cm³/mol. The van der Waals surface area contributed by atoms with E-state index in [2.05, 4.69) is 158 Å². The molecule has 12 rings (SSSR count). The molecule has 3 aliphatic rings.